The van der Waals surface area contributed by atoms with Crippen LogP contribution in [0.25, 0.3) is 0 Å². The SMILES string of the molecule is C=C(C)C(=O)OCCN1C(=O)/C(=C/C=C2/N(CCOC3CCCCO3)c3ccccc3C2(C)C)C(=O)N(CCCC)C1=O. The van der Waals surface area contributed by atoms with Crippen LogP contribution in [0.5, 0.6) is 0 Å². The van der Waals surface area contributed by atoms with Crippen LogP contribution >= 0.6 is 0 Å². The number of imide groups is 2. The van der Waals surface area contributed by atoms with Gasteiger partial charge < -0.3 is 19.1 Å². The highest BCUT2D eigenvalue weighted by Gasteiger charge is 2.43. The van der Waals surface area contributed by atoms with E-state index in [9.17, 15) is 19.2 Å². The largest absolute Gasteiger partial charge is 0.460 e. The number of anilines is 1. The number of ether oxygens (including phenoxy) is 3. The summed E-state index contributed by atoms with van der Waals surface area (Å²) < 4.78 is 16.9. The van der Waals surface area contributed by atoms with Gasteiger partial charge in [-0.05, 0) is 56.4 Å². The minimum Gasteiger partial charge on any atom is -0.460 e. The molecule has 3 aliphatic rings. The summed E-state index contributed by atoms with van der Waals surface area (Å²) in [5, 5.41) is 0. The Morgan fingerprint density at radius 2 is 1.72 bits per heavy atom. The zero-order valence-corrected chi connectivity index (χ0v) is 25.7. The van der Waals surface area contributed by atoms with Crippen LogP contribution in [0.4, 0.5) is 10.5 Å². The maximum atomic E-state index is 13.5. The standard InChI is InChI=1S/C33H43N3O7/c1-6-7-17-35-29(37)24(30(38)36(32(35)40)19-22-43-31(39)23(2)3)15-16-27-33(4,5)25-12-8-9-13-26(25)34(27)18-21-42-28-14-10-11-20-41-28/h8-9,12-13,15-16,28H,2,6-7,10-11,14,17-22H2,1,3-5H3/b24-15+,27-16+. The third-order valence-electron chi connectivity index (χ3n) is 8.01. The fourth-order valence-corrected chi connectivity index (χ4v) is 5.57. The molecule has 1 unspecified atom stereocenters. The Morgan fingerprint density at radius 1 is 1.02 bits per heavy atom. The van der Waals surface area contributed by atoms with Crippen molar-refractivity contribution in [3.63, 3.8) is 0 Å². The molecule has 0 radical (unpaired) electrons. The average Bonchev–Trinajstić information content (AvgIpc) is 3.20. The van der Waals surface area contributed by atoms with Crippen molar-refractivity contribution in [2.24, 2.45) is 0 Å². The first-order valence-corrected chi connectivity index (χ1v) is 15.1. The summed E-state index contributed by atoms with van der Waals surface area (Å²) in [6.07, 6.45) is 7.47. The van der Waals surface area contributed by atoms with Crippen LogP contribution in [0.1, 0.15) is 65.4 Å². The molecule has 10 nitrogen and oxygen atoms in total. The highest BCUT2D eigenvalue weighted by molar-refractivity contribution is 6.28. The molecule has 0 bridgehead atoms. The van der Waals surface area contributed by atoms with Gasteiger partial charge in [-0.1, -0.05) is 52.0 Å². The van der Waals surface area contributed by atoms with E-state index in [-0.39, 0.29) is 37.1 Å². The Kier molecular flexibility index (Phi) is 10.6. The first-order valence-electron chi connectivity index (χ1n) is 15.1. The van der Waals surface area contributed by atoms with Crippen LogP contribution in [0.15, 0.2) is 59.8 Å². The number of urea groups is 1. The van der Waals surface area contributed by atoms with Crippen LogP contribution in [0.2, 0.25) is 0 Å². The van der Waals surface area contributed by atoms with Gasteiger partial charge in [-0.2, -0.15) is 0 Å². The summed E-state index contributed by atoms with van der Waals surface area (Å²) in [5.41, 5.74) is 2.72. The van der Waals surface area contributed by atoms with Gasteiger partial charge in [-0.25, -0.2) is 9.59 Å². The van der Waals surface area contributed by atoms with E-state index < -0.39 is 29.2 Å². The van der Waals surface area contributed by atoms with E-state index in [1.54, 1.807) is 6.08 Å². The van der Waals surface area contributed by atoms with Crippen molar-refractivity contribution >= 4 is 29.5 Å². The first-order chi connectivity index (χ1) is 20.6. The summed E-state index contributed by atoms with van der Waals surface area (Å²) in [5.74, 6) is -1.96. The number of carbonyl (C=O) groups is 4. The van der Waals surface area contributed by atoms with Crippen LogP contribution in [0, 0.1) is 0 Å². The lowest BCUT2D eigenvalue weighted by molar-refractivity contribution is -0.160. The summed E-state index contributed by atoms with van der Waals surface area (Å²) >= 11 is 0. The van der Waals surface area contributed by atoms with Crippen molar-refractivity contribution in [1.29, 1.82) is 0 Å². The molecule has 4 rings (SSSR count). The third-order valence-corrected chi connectivity index (χ3v) is 8.01. The highest BCUT2D eigenvalue weighted by atomic mass is 16.7. The van der Waals surface area contributed by atoms with E-state index in [1.165, 1.54) is 13.0 Å². The molecule has 0 aromatic heterocycles. The number of unbranched alkanes of at least 4 members (excludes halogenated alkanes) is 1. The van der Waals surface area contributed by atoms with Gasteiger partial charge >= 0.3 is 12.0 Å². The molecule has 43 heavy (non-hydrogen) atoms. The number of hydrogen-bond acceptors (Lipinski definition) is 8. The first kappa shape index (κ1) is 32.2. The molecule has 0 N–H and O–H groups in total. The lowest BCUT2D eigenvalue weighted by Gasteiger charge is -2.34. The van der Waals surface area contributed by atoms with Gasteiger partial charge in [-0.15, -0.1) is 0 Å². The quantitative estimate of drug-likeness (QED) is 0.193. The summed E-state index contributed by atoms with van der Waals surface area (Å²) in [6, 6.07) is 7.40. The Bertz CT molecular complexity index is 1310. The molecule has 1 aromatic carbocycles. The van der Waals surface area contributed by atoms with E-state index >= 15 is 0 Å². The van der Waals surface area contributed by atoms with E-state index in [1.807, 2.05) is 19.1 Å². The van der Waals surface area contributed by atoms with Gasteiger partial charge in [-0.3, -0.25) is 19.4 Å². The molecule has 1 aromatic rings. The van der Waals surface area contributed by atoms with Crippen molar-refractivity contribution in [2.45, 2.75) is 71.5 Å². The number of fused-ring (bicyclic) bond motifs is 1. The van der Waals surface area contributed by atoms with Gasteiger partial charge in [0.25, 0.3) is 11.8 Å². The lowest BCUT2D eigenvalue weighted by Crippen LogP contribution is -2.57. The molecule has 10 heteroatoms. The third kappa shape index (κ3) is 7.08. The van der Waals surface area contributed by atoms with Crippen LogP contribution < -0.4 is 4.90 Å². The second-order valence-corrected chi connectivity index (χ2v) is 11.6. The molecule has 0 aliphatic carbocycles. The number of benzene rings is 1. The summed E-state index contributed by atoms with van der Waals surface area (Å²) in [4.78, 5) is 56.3. The molecule has 4 amide bonds. The number of para-hydroxylation sites is 1. The molecule has 1 atom stereocenters. The molecule has 3 aliphatic heterocycles. The normalized spacial score (nSPS) is 22.0. The van der Waals surface area contributed by atoms with Crippen molar-refractivity contribution in [2.75, 3.05) is 44.4 Å². The lowest BCUT2D eigenvalue weighted by atomic mass is 9.83. The fraction of sp³-hybridized carbons (Fsp3) is 0.515. The van der Waals surface area contributed by atoms with E-state index in [2.05, 4.69) is 37.5 Å². The van der Waals surface area contributed by atoms with Crippen LogP contribution in [-0.2, 0) is 34.0 Å². The zero-order chi connectivity index (χ0) is 31.1. The van der Waals surface area contributed by atoms with Crippen LogP contribution in [0.3, 0.4) is 0 Å². The fourth-order valence-electron chi connectivity index (χ4n) is 5.57. The van der Waals surface area contributed by atoms with Gasteiger partial charge in [0, 0.05) is 42.1 Å². The highest BCUT2D eigenvalue weighted by Crippen LogP contribution is 2.47. The molecule has 232 valence electrons. The Hall–Kier alpha value is -3.76. The maximum absolute atomic E-state index is 13.5. The number of esters is 1. The van der Waals surface area contributed by atoms with Crippen molar-refractivity contribution in [3.05, 3.63) is 65.4 Å². The number of nitrogens with zero attached hydrogens (tertiary/aromatic N) is 3. The smallest absolute Gasteiger partial charge is 0.334 e. The number of barbiturate groups is 1. The minimum absolute atomic E-state index is 0.118. The molecule has 3 heterocycles. The van der Waals surface area contributed by atoms with E-state index in [0.717, 1.165) is 52.4 Å². The van der Waals surface area contributed by atoms with E-state index in [0.29, 0.717) is 26.2 Å². The molecule has 0 spiro atoms. The Morgan fingerprint density at radius 3 is 2.40 bits per heavy atom. The van der Waals surface area contributed by atoms with Crippen molar-refractivity contribution in [1.82, 2.24) is 9.80 Å². The second-order valence-electron chi connectivity index (χ2n) is 11.6. The van der Waals surface area contributed by atoms with Gasteiger partial charge in [0.1, 0.15) is 12.2 Å². The van der Waals surface area contributed by atoms with Gasteiger partial charge in [0.15, 0.2) is 6.29 Å². The Balaban J connectivity index is 1.62. The minimum atomic E-state index is -0.719. The topological polar surface area (TPSA) is 106 Å². The molecular formula is C33H43N3O7. The molecule has 2 saturated heterocycles. The zero-order valence-electron chi connectivity index (χ0n) is 25.7. The second kappa shape index (κ2) is 14.1. The van der Waals surface area contributed by atoms with E-state index in [4.69, 9.17) is 14.2 Å². The summed E-state index contributed by atoms with van der Waals surface area (Å²) in [7, 11) is 0. The van der Waals surface area contributed by atoms with Gasteiger partial charge in [0.2, 0.25) is 0 Å². The van der Waals surface area contributed by atoms with Crippen LogP contribution in [-0.4, -0.2) is 79.4 Å². The monoisotopic (exact) mass is 593 g/mol. The predicted octanol–water partition coefficient (Wildman–Crippen LogP) is 4.85. The van der Waals surface area contributed by atoms with Gasteiger partial charge in [0.05, 0.1) is 13.2 Å². The van der Waals surface area contributed by atoms with Crippen molar-refractivity contribution < 1.29 is 33.4 Å². The summed E-state index contributed by atoms with van der Waals surface area (Å²) in [6.45, 7) is 12.7. The van der Waals surface area contributed by atoms with Crippen molar-refractivity contribution in [3.8, 4) is 0 Å². The molecule has 0 saturated carbocycles. The predicted molar refractivity (Wildman–Crippen MR) is 162 cm³/mol. The number of carbonyl (C=O) groups excluding carboxylic acids is 4. The Labute approximate surface area is 253 Å². The maximum Gasteiger partial charge on any atom is 0.334 e. The number of hydrogen-bond donors (Lipinski definition) is 0. The molecular weight excluding hydrogens is 550 g/mol. The number of allylic oxidation sites excluding steroid dienone is 3. The molecule has 2 fully saturated rings. The number of rotatable bonds is 12. The number of amides is 4. The average molecular weight is 594 g/mol.